The van der Waals surface area contributed by atoms with Crippen molar-refractivity contribution in [2.24, 2.45) is 0 Å². The smallest absolute Gasteiger partial charge is 0.123 e. The van der Waals surface area contributed by atoms with Crippen molar-refractivity contribution in [3.63, 3.8) is 0 Å². The second-order valence-electron chi connectivity index (χ2n) is 2.87. The largest absolute Gasteiger partial charge is 0.249 e. The molecule has 0 amide bonds. The van der Waals surface area contributed by atoms with Crippen molar-refractivity contribution >= 4 is 27.7 Å². The van der Waals surface area contributed by atoms with Gasteiger partial charge in [-0.25, -0.2) is 9.37 Å². The van der Waals surface area contributed by atoms with E-state index in [1.54, 1.807) is 30.1 Å². The number of hydrogen-bond donors (Lipinski definition) is 0. The molecule has 1 heterocycles. The van der Waals surface area contributed by atoms with Crippen LogP contribution in [-0.4, -0.2) is 4.98 Å². The molecule has 0 bridgehead atoms. The molecule has 1 aromatic carbocycles. The average molecular weight is 284 g/mol. The lowest BCUT2D eigenvalue weighted by Crippen LogP contribution is -1.78. The lowest BCUT2D eigenvalue weighted by molar-refractivity contribution is 0.626. The molecule has 0 aliphatic heterocycles. The SMILES string of the molecule is Fc1ccc(Sc2ccnc(Br)c2)cc1. The highest BCUT2D eigenvalue weighted by Crippen LogP contribution is 2.28. The molecular formula is C11H7BrFNS. The number of aromatic nitrogens is 1. The van der Waals surface area contributed by atoms with Crippen molar-refractivity contribution in [2.45, 2.75) is 9.79 Å². The van der Waals surface area contributed by atoms with Crippen LogP contribution >= 0.6 is 27.7 Å². The molecule has 0 fully saturated rings. The Balaban J connectivity index is 2.18. The second-order valence-corrected chi connectivity index (χ2v) is 4.83. The summed E-state index contributed by atoms with van der Waals surface area (Å²) in [5.74, 6) is -0.213. The molecule has 4 heteroatoms. The van der Waals surface area contributed by atoms with E-state index in [2.05, 4.69) is 20.9 Å². The molecule has 0 spiro atoms. The van der Waals surface area contributed by atoms with Crippen LogP contribution in [0.2, 0.25) is 0 Å². The zero-order valence-electron chi connectivity index (χ0n) is 7.65. The van der Waals surface area contributed by atoms with Gasteiger partial charge in [-0.2, -0.15) is 0 Å². The number of nitrogens with zero attached hydrogens (tertiary/aromatic N) is 1. The van der Waals surface area contributed by atoms with E-state index in [1.807, 2.05) is 12.1 Å². The standard InChI is InChI=1S/C11H7BrFNS/c12-11-7-10(5-6-14-11)15-9-3-1-8(13)2-4-9/h1-7H. The Morgan fingerprint density at radius 2 is 1.80 bits per heavy atom. The Morgan fingerprint density at radius 3 is 2.47 bits per heavy atom. The summed E-state index contributed by atoms with van der Waals surface area (Å²) >= 11 is 4.88. The molecule has 0 saturated carbocycles. The van der Waals surface area contributed by atoms with Crippen molar-refractivity contribution in [1.29, 1.82) is 0 Å². The zero-order chi connectivity index (χ0) is 10.7. The minimum Gasteiger partial charge on any atom is -0.249 e. The van der Waals surface area contributed by atoms with Gasteiger partial charge >= 0.3 is 0 Å². The first kappa shape index (κ1) is 10.6. The van der Waals surface area contributed by atoms with Gasteiger partial charge in [0.2, 0.25) is 0 Å². The fraction of sp³-hybridized carbons (Fsp3) is 0. The minimum absolute atomic E-state index is 0.213. The molecule has 0 radical (unpaired) electrons. The van der Waals surface area contributed by atoms with Gasteiger partial charge in [-0.1, -0.05) is 11.8 Å². The molecule has 1 aromatic heterocycles. The molecule has 2 aromatic rings. The van der Waals surface area contributed by atoms with Crippen LogP contribution in [0.4, 0.5) is 4.39 Å². The van der Waals surface area contributed by atoms with Crippen molar-refractivity contribution in [3.05, 3.63) is 53.0 Å². The van der Waals surface area contributed by atoms with Crippen molar-refractivity contribution in [2.75, 3.05) is 0 Å². The molecule has 0 N–H and O–H groups in total. The summed E-state index contributed by atoms with van der Waals surface area (Å²) in [6, 6.07) is 10.3. The third-order valence-electron chi connectivity index (χ3n) is 1.75. The Bertz CT molecular complexity index is 458. The monoisotopic (exact) mass is 283 g/mol. The molecule has 0 unspecified atom stereocenters. The summed E-state index contributed by atoms with van der Waals surface area (Å²) in [5, 5.41) is 0. The quantitative estimate of drug-likeness (QED) is 0.769. The van der Waals surface area contributed by atoms with Gasteiger partial charge in [-0.05, 0) is 52.3 Å². The predicted octanol–water partition coefficient (Wildman–Crippen LogP) is 4.13. The molecule has 76 valence electrons. The van der Waals surface area contributed by atoms with Gasteiger partial charge in [0.15, 0.2) is 0 Å². The minimum atomic E-state index is -0.213. The van der Waals surface area contributed by atoms with Crippen LogP contribution in [0.15, 0.2) is 57.0 Å². The van der Waals surface area contributed by atoms with Gasteiger partial charge in [0, 0.05) is 16.0 Å². The first-order valence-corrected chi connectivity index (χ1v) is 5.90. The van der Waals surface area contributed by atoms with Gasteiger partial charge in [0.05, 0.1) is 0 Å². The van der Waals surface area contributed by atoms with E-state index >= 15 is 0 Å². The lowest BCUT2D eigenvalue weighted by Gasteiger charge is -2.01. The number of benzene rings is 1. The molecule has 0 aliphatic carbocycles. The van der Waals surface area contributed by atoms with Crippen molar-refractivity contribution < 1.29 is 4.39 Å². The molecule has 0 saturated heterocycles. The molecule has 15 heavy (non-hydrogen) atoms. The van der Waals surface area contributed by atoms with E-state index in [-0.39, 0.29) is 5.82 Å². The highest BCUT2D eigenvalue weighted by atomic mass is 79.9. The van der Waals surface area contributed by atoms with E-state index < -0.39 is 0 Å². The van der Waals surface area contributed by atoms with Crippen molar-refractivity contribution in [3.8, 4) is 0 Å². The summed E-state index contributed by atoms with van der Waals surface area (Å²) < 4.78 is 13.5. The van der Waals surface area contributed by atoms with Crippen LogP contribution in [0.25, 0.3) is 0 Å². The first-order chi connectivity index (χ1) is 7.24. The maximum absolute atomic E-state index is 12.7. The first-order valence-electron chi connectivity index (χ1n) is 4.29. The molecular weight excluding hydrogens is 277 g/mol. The normalized spacial score (nSPS) is 10.3. The summed E-state index contributed by atoms with van der Waals surface area (Å²) in [6.45, 7) is 0. The van der Waals surface area contributed by atoms with Crippen molar-refractivity contribution in [1.82, 2.24) is 4.98 Å². The molecule has 0 aliphatic rings. The topological polar surface area (TPSA) is 12.9 Å². The van der Waals surface area contributed by atoms with Gasteiger partial charge in [-0.15, -0.1) is 0 Å². The Labute approximate surface area is 99.9 Å². The fourth-order valence-electron chi connectivity index (χ4n) is 1.09. The Hall–Kier alpha value is -0.870. The highest BCUT2D eigenvalue weighted by Gasteiger charge is 1.98. The molecule has 2 rings (SSSR count). The third kappa shape index (κ3) is 3.04. The fourth-order valence-corrected chi connectivity index (χ4v) is 2.45. The van der Waals surface area contributed by atoms with Crippen LogP contribution in [0.3, 0.4) is 0 Å². The van der Waals surface area contributed by atoms with E-state index in [9.17, 15) is 4.39 Å². The molecule has 1 nitrogen and oxygen atoms in total. The van der Waals surface area contributed by atoms with Crippen LogP contribution in [0.1, 0.15) is 0 Å². The summed E-state index contributed by atoms with van der Waals surface area (Å²) in [5.41, 5.74) is 0. The average Bonchev–Trinajstić information content (AvgIpc) is 2.22. The van der Waals surface area contributed by atoms with E-state index in [0.29, 0.717) is 0 Å². The Kier molecular flexibility index (Phi) is 3.38. The Morgan fingerprint density at radius 1 is 1.07 bits per heavy atom. The van der Waals surface area contributed by atoms with E-state index in [0.717, 1.165) is 14.4 Å². The molecule has 0 atom stereocenters. The van der Waals surface area contributed by atoms with Gasteiger partial charge in [0.25, 0.3) is 0 Å². The second kappa shape index (κ2) is 4.77. The number of rotatable bonds is 2. The van der Waals surface area contributed by atoms with Crippen LogP contribution in [0.5, 0.6) is 0 Å². The summed E-state index contributed by atoms with van der Waals surface area (Å²) in [7, 11) is 0. The predicted molar refractivity (Wildman–Crippen MR) is 62.5 cm³/mol. The summed E-state index contributed by atoms with van der Waals surface area (Å²) in [6.07, 6.45) is 1.73. The van der Waals surface area contributed by atoms with Crippen LogP contribution < -0.4 is 0 Å². The summed E-state index contributed by atoms with van der Waals surface area (Å²) in [4.78, 5) is 6.12. The number of hydrogen-bond acceptors (Lipinski definition) is 2. The van der Waals surface area contributed by atoms with E-state index in [1.165, 1.54) is 12.1 Å². The zero-order valence-corrected chi connectivity index (χ0v) is 10.1. The van der Waals surface area contributed by atoms with Gasteiger partial charge in [0.1, 0.15) is 10.4 Å². The van der Waals surface area contributed by atoms with Gasteiger partial charge in [-0.3, -0.25) is 0 Å². The number of pyridine rings is 1. The third-order valence-corrected chi connectivity index (χ3v) is 3.18. The highest BCUT2D eigenvalue weighted by molar-refractivity contribution is 9.10. The number of halogens is 2. The van der Waals surface area contributed by atoms with Crippen LogP contribution in [0, 0.1) is 5.82 Å². The maximum Gasteiger partial charge on any atom is 0.123 e. The van der Waals surface area contributed by atoms with Gasteiger partial charge < -0.3 is 0 Å². The van der Waals surface area contributed by atoms with E-state index in [4.69, 9.17) is 0 Å². The van der Waals surface area contributed by atoms with Crippen LogP contribution in [-0.2, 0) is 0 Å². The lowest BCUT2D eigenvalue weighted by atomic mass is 10.4. The maximum atomic E-state index is 12.7.